The fourth-order valence-corrected chi connectivity index (χ4v) is 4.65. The van der Waals surface area contributed by atoms with Gasteiger partial charge in [0.2, 0.25) is 0 Å². The molecule has 4 rings (SSSR count). The lowest BCUT2D eigenvalue weighted by atomic mass is 9.12. The second-order valence-corrected chi connectivity index (χ2v) is 7.95. The van der Waals surface area contributed by atoms with Crippen LogP contribution >= 0.6 is 0 Å². The van der Waals surface area contributed by atoms with E-state index in [1.54, 1.807) is 0 Å². The van der Waals surface area contributed by atoms with E-state index in [1.165, 1.54) is 0 Å². The molecular formula is C24H10BF10O2-. The van der Waals surface area contributed by atoms with E-state index in [0.29, 0.717) is 12.1 Å². The Hall–Kier alpha value is -4.16. The molecule has 192 valence electrons. The van der Waals surface area contributed by atoms with Crippen molar-refractivity contribution < 1.29 is 54.1 Å². The van der Waals surface area contributed by atoms with Crippen LogP contribution in [0.3, 0.4) is 0 Å². The van der Waals surface area contributed by atoms with E-state index in [0.717, 1.165) is 36.4 Å². The normalized spacial score (nSPS) is 11.7. The van der Waals surface area contributed by atoms with Gasteiger partial charge in [0.05, 0.1) is 11.5 Å². The maximum Gasteiger partial charge on any atom is 0.200 e. The number of benzene rings is 4. The maximum atomic E-state index is 15.4. The van der Waals surface area contributed by atoms with Gasteiger partial charge in [-0.3, -0.25) is 0 Å². The second-order valence-electron chi connectivity index (χ2n) is 7.95. The van der Waals surface area contributed by atoms with E-state index in [4.69, 9.17) is 0 Å². The quantitative estimate of drug-likeness (QED) is 0.182. The molecule has 0 atom stereocenters. The molecule has 0 bridgehead atoms. The lowest BCUT2D eigenvalue weighted by Crippen LogP contribution is -2.78. The Balaban J connectivity index is 2.48. The van der Waals surface area contributed by atoms with Crippen molar-refractivity contribution in [2.24, 2.45) is 0 Å². The summed E-state index contributed by atoms with van der Waals surface area (Å²) in [6.07, 6.45) is -4.77. The van der Waals surface area contributed by atoms with E-state index >= 15 is 17.6 Å². The molecule has 4 aromatic rings. The van der Waals surface area contributed by atoms with Gasteiger partial charge in [-0.05, 0) is 12.1 Å². The number of hydrogen-bond donors (Lipinski definition) is 2. The van der Waals surface area contributed by atoms with Gasteiger partial charge < -0.3 is 10.2 Å². The number of phenolic OH excluding ortho intramolecular Hbond substituents is 2. The van der Waals surface area contributed by atoms with Crippen LogP contribution in [0.5, 0.6) is 11.5 Å². The summed E-state index contributed by atoms with van der Waals surface area (Å²) in [7, 11) is 0. The van der Waals surface area contributed by atoms with Crippen LogP contribution in [0, 0.1) is 58.2 Å². The second kappa shape index (κ2) is 9.05. The summed E-state index contributed by atoms with van der Waals surface area (Å²) in [5.41, 5.74) is -6.20. The van der Waals surface area contributed by atoms with Gasteiger partial charge in [-0.25, -0.2) is 43.9 Å². The molecule has 0 aliphatic rings. The van der Waals surface area contributed by atoms with Crippen molar-refractivity contribution in [2.45, 2.75) is 0 Å². The van der Waals surface area contributed by atoms with Crippen LogP contribution in [0.4, 0.5) is 43.9 Å². The highest BCUT2D eigenvalue weighted by molar-refractivity contribution is 7.20. The van der Waals surface area contributed by atoms with Gasteiger partial charge in [0.25, 0.3) is 0 Å². The highest BCUT2D eigenvalue weighted by Crippen LogP contribution is 2.28. The maximum absolute atomic E-state index is 15.4. The predicted molar refractivity (Wildman–Crippen MR) is 113 cm³/mol. The summed E-state index contributed by atoms with van der Waals surface area (Å²) < 4.78 is 147. The van der Waals surface area contributed by atoms with Crippen molar-refractivity contribution in [3.63, 3.8) is 0 Å². The molecular weight excluding hydrogens is 521 g/mol. The highest BCUT2D eigenvalue weighted by atomic mass is 19.2. The molecule has 0 amide bonds. The molecule has 0 fully saturated rings. The Kier molecular flexibility index (Phi) is 6.34. The van der Waals surface area contributed by atoms with Gasteiger partial charge in [-0.2, -0.15) is 10.9 Å². The Bertz CT molecular complexity index is 1400. The summed E-state index contributed by atoms with van der Waals surface area (Å²) >= 11 is 0. The smallest absolute Gasteiger partial charge is 0.200 e. The van der Waals surface area contributed by atoms with Crippen LogP contribution in [0.25, 0.3) is 0 Å². The number of rotatable bonds is 4. The molecule has 0 spiro atoms. The average molecular weight is 531 g/mol. The van der Waals surface area contributed by atoms with Gasteiger partial charge in [-0.1, -0.05) is 36.4 Å². The van der Waals surface area contributed by atoms with Crippen LogP contribution in [0.1, 0.15) is 0 Å². The predicted octanol–water partition coefficient (Wildman–Crippen LogP) is 3.87. The van der Waals surface area contributed by atoms with E-state index in [9.17, 15) is 36.6 Å². The van der Waals surface area contributed by atoms with Gasteiger partial charge >= 0.3 is 0 Å². The van der Waals surface area contributed by atoms with Crippen molar-refractivity contribution in [3.05, 3.63) is 107 Å². The van der Waals surface area contributed by atoms with Crippen LogP contribution in [0.2, 0.25) is 0 Å². The van der Waals surface area contributed by atoms with Crippen molar-refractivity contribution in [2.75, 3.05) is 0 Å². The third-order valence-electron chi connectivity index (χ3n) is 6.16. The summed E-state index contributed by atoms with van der Waals surface area (Å²) in [5.74, 6) is -28.8. The third-order valence-corrected chi connectivity index (χ3v) is 6.16. The van der Waals surface area contributed by atoms with Crippen LogP contribution in [-0.2, 0) is 0 Å². The first kappa shape index (κ1) is 25.9. The molecule has 0 saturated carbocycles. The highest BCUT2D eigenvalue weighted by Gasteiger charge is 2.46. The molecule has 0 saturated heterocycles. The van der Waals surface area contributed by atoms with E-state index < -0.39 is 97.7 Å². The topological polar surface area (TPSA) is 40.5 Å². The summed E-state index contributed by atoms with van der Waals surface area (Å²) in [6.45, 7) is 0. The number of para-hydroxylation sites is 2. The Morgan fingerprint density at radius 2 is 0.622 bits per heavy atom. The number of hydrogen-bond acceptors (Lipinski definition) is 2. The van der Waals surface area contributed by atoms with E-state index in [1.807, 2.05) is 0 Å². The first-order valence-corrected chi connectivity index (χ1v) is 10.1. The molecule has 0 unspecified atom stereocenters. The summed E-state index contributed by atoms with van der Waals surface area (Å²) in [5, 5.41) is 21.2. The SMILES string of the molecule is Oc1ccccc1[B-](c1ccccc1O)(c1c(F)c(F)c(F)c(F)c1F)c1c(F)c(F)c(F)c(F)c1F. The van der Waals surface area contributed by atoms with Crippen molar-refractivity contribution in [1.29, 1.82) is 0 Å². The molecule has 13 heteroatoms. The molecule has 0 radical (unpaired) electrons. The third kappa shape index (κ3) is 3.51. The molecule has 2 nitrogen and oxygen atoms in total. The molecule has 0 aliphatic heterocycles. The molecule has 2 N–H and O–H groups in total. The van der Waals surface area contributed by atoms with E-state index in [2.05, 4.69) is 0 Å². The zero-order chi connectivity index (χ0) is 27.4. The lowest BCUT2D eigenvalue weighted by molar-refractivity contribution is 0.382. The summed E-state index contributed by atoms with van der Waals surface area (Å²) in [4.78, 5) is 0. The van der Waals surface area contributed by atoms with Crippen LogP contribution in [-0.4, -0.2) is 16.4 Å². The zero-order valence-corrected chi connectivity index (χ0v) is 17.9. The van der Waals surface area contributed by atoms with Gasteiger partial charge in [0, 0.05) is 0 Å². The van der Waals surface area contributed by atoms with Crippen molar-refractivity contribution in [3.8, 4) is 11.5 Å². The Labute approximate surface area is 201 Å². The van der Waals surface area contributed by atoms with Crippen molar-refractivity contribution in [1.82, 2.24) is 0 Å². The van der Waals surface area contributed by atoms with Gasteiger partial charge in [-0.15, -0.1) is 10.9 Å². The van der Waals surface area contributed by atoms with Gasteiger partial charge in [0.15, 0.2) is 34.9 Å². The number of phenols is 2. The first-order valence-electron chi connectivity index (χ1n) is 10.1. The zero-order valence-electron chi connectivity index (χ0n) is 17.9. The minimum absolute atomic E-state index is 0.706. The average Bonchev–Trinajstić information content (AvgIpc) is 2.88. The first-order chi connectivity index (χ1) is 17.4. The molecule has 0 aliphatic carbocycles. The van der Waals surface area contributed by atoms with E-state index in [-0.39, 0.29) is 0 Å². The number of aromatic hydroxyl groups is 2. The lowest BCUT2D eigenvalue weighted by Gasteiger charge is -2.44. The standard InChI is InChI=1S/C24H10BF10O2/c26-15-13(16(27)20(31)23(34)19(15)30)25(9-5-1-3-7-11(9)36,10-6-2-4-8-12(10)37)14-17(28)21(32)24(35)22(33)18(14)29/h1-8,36-37H/q-1. The Morgan fingerprint density at radius 3 is 0.892 bits per heavy atom. The molecule has 0 heterocycles. The molecule has 4 aromatic carbocycles. The largest absolute Gasteiger partial charge is 0.511 e. The fraction of sp³-hybridized carbons (Fsp3) is 0. The van der Waals surface area contributed by atoms with Gasteiger partial charge in [0.1, 0.15) is 29.4 Å². The molecule has 0 aromatic heterocycles. The Morgan fingerprint density at radius 1 is 0.378 bits per heavy atom. The minimum atomic E-state index is -4.77. The van der Waals surface area contributed by atoms with Crippen LogP contribution in [0.15, 0.2) is 48.5 Å². The fourth-order valence-electron chi connectivity index (χ4n) is 4.65. The summed E-state index contributed by atoms with van der Waals surface area (Å²) in [6, 6.07) is 7.10. The minimum Gasteiger partial charge on any atom is -0.511 e. The number of halogens is 10. The molecule has 37 heavy (non-hydrogen) atoms. The van der Waals surface area contributed by atoms with Crippen molar-refractivity contribution >= 4 is 28.0 Å². The monoisotopic (exact) mass is 531 g/mol. The van der Waals surface area contributed by atoms with Crippen LogP contribution < -0.4 is 21.9 Å².